The van der Waals surface area contributed by atoms with Crippen LogP contribution in [0, 0.1) is 0 Å². The quantitative estimate of drug-likeness (QED) is 0.836. The molecule has 1 N–H and O–H groups in total. The summed E-state index contributed by atoms with van der Waals surface area (Å²) < 4.78 is 23.3. The molecular weight excluding hydrogens is 276 g/mol. The van der Waals surface area contributed by atoms with Crippen molar-refractivity contribution in [2.24, 2.45) is 0 Å². The number of nitrogens with zero attached hydrogens (tertiary/aromatic N) is 1. The maximum atomic E-state index is 11.7. The van der Waals surface area contributed by atoms with Gasteiger partial charge in [0.15, 0.2) is 9.84 Å². The predicted molar refractivity (Wildman–Crippen MR) is 71.3 cm³/mol. The molecular formula is C11H13ClN2O3S. The zero-order valence-electron chi connectivity index (χ0n) is 9.76. The molecule has 0 aromatic carbocycles. The molecule has 0 fully saturated rings. The Morgan fingerprint density at radius 1 is 1.61 bits per heavy atom. The molecule has 1 rings (SSSR count). The second-order valence-electron chi connectivity index (χ2n) is 3.61. The molecule has 7 heteroatoms. The molecule has 98 valence electrons. The van der Waals surface area contributed by atoms with Crippen LogP contribution in [0.2, 0.25) is 5.02 Å². The molecule has 1 aromatic heterocycles. The van der Waals surface area contributed by atoms with Gasteiger partial charge < -0.3 is 5.32 Å². The van der Waals surface area contributed by atoms with Crippen LogP contribution in [-0.4, -0.2) is 30.3 Å². The van der Waals surface area contributed by atoms with Gasteiger partial charge >= 0.3 is 0 Å². The van der Waals surface area contributed by atoms with E-state index < -0.39 is 21.0 Å². The summed E-state index contributed by atoms with van der Waals surface area (Å²) in [5.41, 5.74) is 0. The first kappa shape index (κ1) is 14.7. The molecule has 0 spiro atoms. The van der Waals surface area contributed by atoms with Crippen molar-refractivity contribution in [2.45, 2.75) is 12.2 Å². The monoisotopic (exact) mass is 288 g/mol. The zero-order valence-corrected chi connectivity index (χ0v) is 11.3. The van der Waals surface area contributed by atoms with E-state index in [1.807, 2.05) is 0 Å². The summed E-state index contributed by atoms with van der Waals surface area (Å²) in [7, 11) is -3.52. The van der Waals surface area contributed by atoms with E-state index in [4.69, 9.17) is 11.6 Å². The number of nitrogens with one attached hydrogen (secondary N) is 1. The third-order valence-corrected chi connectivity index (χ3v) is 4.45. The van der Waals surface area contributed by atoms with Crippen LogP contribution in [0.1, 0.15) is 6.92 Å². The Labute approximate surface area is 111 Å². The first-order valence-corrected chi connectivity index (χ1v) is 7.21. The Hall–Kier alpha value is -1.40. The number of anilines is 1. The molecule has 1 unspecified atom stereocenters. The molecule has 0 aliphatic rings. The van der Waals surface area contributed by atoms with Crippen LogP contribution in [-0.2, 0) is 14.6 Å². The van der Waals surface area contributed by atoms with E-state index in [2.05, 4.69) is 16.9 Å². The van der Waals surface area contributed by atoms with Crippen LogP contribution < -0.4 is 5.32 Å². The summed E-state index contributed by atoms with van der Waals surface area (Å²) in [5.74, 6) is -0.618. The fraction of sp³-hybridized carbons (Fsp3) is 0.273. The largest absolute Gasteiger partial charge is 0.310 e. The second-order valence-corrected chi connectivity index (χ2v) is 6.41. The van der Waals surface area contributed by atoms with Crippen LogP contribution in [0.4, 0.5) is 5.82 Å². The van der Waals surface area contributed by atoms with Gasteiger partial charge in [-0.2, -0.15) is 0 Å². The van der Waals surface area contributed by atoms with Crippen molar-refractivity contribution in [3.63, 3.8) is 0 Å². The Kier molecular flexibility index (Phi) is 4.86. The number of hydrogen-bond acceptors (Lipinski definition) is 4. The number of carbonyl (C=O) groups excluding carboxylic acids is 1. The summed E-state index contributed by atoms with van der Waals surface area (Å²) in [6.07, 6.45) is 2.61. The highest BCUT2D eigenvalue weighted by Gasteiger charge is 2.26. The summed E-state index contributed by atoms with van der Waals surface area (Å²) in [4.78, 5) is 15.6. The first-order chi connectivity index (χ1) is 8.36. The Morgan fingerprint density at radius 3 is 2.78 bits per heavy atom. The number of hydrogen-bond donors (Lipinski definition) is 1. The van der Waals surface area contributed by atoms with Gasteiger partial charge in [-0.25, -0.2) is 13.4 Å². The van der Waals surface area contributed by atoms with Crippen LogP contribution in [0.5, 0.6) is 0 Å². The summed E-state index contributed by atoms with van der Waals surface area (Å²) >= 11 is 5.64. The van der Waals surface area contributed by atoms with Crippen molar-refractivity contribution in [1.82, 2.24) is 4.98 Å². The Morgan fingerprint density at radius 2 is 2.28 bits per heavy atom. The number of sulfone groups is 1. The van der Waals surface area contributed by atoms with Crippen molar-refractivity contribution in [2.75, 3.05) is 11.1 Å². The highest BCUT2D eigenvalue weighted by molar-refractivity contribution is 7.92. The zero-order chi connectivity index (χ0) is 13.8. The molecule has 0 radical (unpaired) electrons. The molecule has 1 aromatic rings. The van der Waals surface area contributed by atoms with E-state index in [9.17, 15) is 13.2 Å². The maximum absolute atomic E-state index is 11.7. The molecule has 1 heterocycles. The van der Waals surface area contributed by atoms with Gasteiger partial charge in [0.05, 0.1) is 10.8 Å². The van der Waals surface area contributed by atoms with E-state index in [0.29, 0.717) is 5.02 Å². The Bertz CT molecular complexity index is 540. The lowest BCUT2D eigenvalue weighted by atomic mass is 10.4. The van der Waals surface area contributed by atoms with Crippen LogP contribution in [0.3, 0.4) is 0 Å². The number of carbonyl (C=O) groups is 1. The SMILES string of the molecule is C=CCS(=O)(=O)C(C)C(=O)Nc1ccc(Cl)cn1. The van der Waals surface area contributed by atoms with Crippen molar-refractivity contribution in [1.29, 1.82) is 0 Å². The molecule has 18 heavy (non-hydrogen) atoms. The third-order valence-electron chi connectivity index (χ3n) is 2.24. The van der Waals surface area contributed by atoms with Gasteiger partial charge in [-0.1, -0.05) is 17.7 Å². The molecule has 0 aliphatic carbocycles. The number of amides is 1. The van der Waals surface area contributed by atoms with Gasteiger partial charge in [0.1, 0.15) is 11.1 Å². The van der Waals surface area contributed by atoms with Crippen LogP contribution in [0.25, 0.3) is 0 Å². The van der Waals surface area contributed by atoms with E-state index >= 15 is 0 Å². The van der Waals surface area contributed by atoms with Crippen molar-refractivity contribution in [3.8, 4) is 0 Å². The van der Waals surface area contributed by atoms with E-state index in [1.165, 1.54) is 25.3 Å². The fourth-order valence-corrected chi connectivity index (χ4v) is 2.26. The normalized spacial score (nSPS) is 12.8. The summed E-state index contributed by atoms with van der Waals surface area (Å²) in [6, 6.07) is 3.04. The first-order valence-electron chi connectivity index (χ1n) is 5.11. The van der Waals surface area contributed by atoms with Crippen LogP contribution in [0.15, 0.2) is 31.0 Å². The predicted octanol–water partition coefficient (Wildman–Crippen LogP) is 1.66. The van der Waals surface area contributed by atoms with Gasteiger partial charge in [-0.3, -0.25) is 4.79 Å². The molecule has 1 atom stereocenters. The second kappa shape index (κ2) is 5.97. The Balaban J connectivity index is 2.77. The lowest BCUT2D eigenvalue weighted by Gasteiger charge is -2.11. The van der Waals surface area contributed by atoms with Crippen molar-refractivity contribution in [3.05, 3.63) is 36.0 Å². The van der Waals surface area contributed by atoms with Crippen molar-refractivity contribution < 1.29 is 13.2 Å². The van der Waals surface area contributed by atoms with Gasteiger partial charge in [-0.05, 0) is 19.1 Å². The number of aromatic nitrogens is 1. The van der Waals surface area contributed by atoms with Crippen molar-refractivity contribution >= 4 is 33.2 Å². The average Bonchev–Trinajstić information content (AvgIpc) is 2.31. The lowest BCUT2D eigenvalue weighted by molar-refractivity contribution is -0.115. The smallest absolute Gasteiger partial charge is 0.243 e. The molecule has 1 amide bonds. The maximum Gasteiger partial charge on any atom is 0.243 e. The number of pyridine rings is 1. The van der Waals surface area contributed by atoms with Gasteiger partial charge in [-0.15, -0.1) is 6.58 Å². The minimum Gasteiger partial charge on any atom is -0.310 e. The van der Waals surface area contributed by atoms with Gasteiger partial charge in [0.25, 0.3) is 0 Å². The minimum absolute atomic E-state index is 0.240. The third kappa shape index (κ3) is 3.82. The highest BCUT2D eigenvalue weighted by Crippen LogP contribution is 2.11. The van der Waals surface area contributed by atoms with Crippen LogP contribution >= 0.6 is 11.6 Å². The molecule has 0 aliphatic heterocycles. The highest BCUT2D eigenvalue weighted by atomic mass is 35.5. The number of rotatable bonds is 5. The lowest BCUT2D eigenvalue weighted by Crippen LogP contribution is -2.33. The molecule has 0 saturated carbocycles. The average molecular weight is 289 g/mol. The summed E-state index contributed by atoms with van der Waals surface area (Å²) in [6.45, 7) is 4.67. The minimum atomic E-state index is -3.52. The van der Waals surface area contributed by atoms with Gasteiger partial charge in [0, 0.05) is 6.20 Å². The fourth-order valence-electron chi connectivity index (χ4n) is 1.15. The standard InChI is InChI=1S/C11H13ClN2O3S/c1-3-6-18(16,17)8(2)11(15)14-10-5-4-9(12)7-13-10/h3-5,7-8H,1,6H2,2H3,(H,13,14,15). The number of halogens is 1. The van der Waals surface area contributed by atoms with E-state index in [-0.39, 0.29) is 11.6 Å². The summed E-state index contributed by atoms with van der Waals surface area (Å²) in [5, 5.41) is 1.68. The van der Waals surface area contributed by atoms with E-state index in [1.54, 1.807) is 6.07 Å². The van der Waals surface area contributed by atoms with E-state index in [0.717, 1.165) is 0 Å². The molecule has 5 nitrogen and oxygen atoms in total. The van der Waals surface area contributed by atoms with Gasteiger partial charge in [0.2, 0.25) is 5.91 Å². The molecule has 0 bridgehead atoms. The molecule has 0 saturated heterocycles. The topological polar surface area (TPSA) is 76.1 Å².